The Morgan fingerprint density at radius 1 is 1.08 bits per heavy atom. The Bertz CT molecular complexity index is 729. The first-order valence-electron chi connectivity index (χ1n) is 8.27. The van der Waals surface area contributed by atoms with Crippen LogP contribution in [0.25, 0.3) is 0 Å². The van der Waals surface area contributed by atoms with Crippen molar-refractivity contribution in [3.8, 4) is 0 Å². The fourth-order valence-corrected chi connectivity index (χ4v) is 2.42. The third-order valence-electron chi connectivity index (χ3n) is 3.98. The van der Waals surface area contributed by atoms with Crippen molar-refractivity contribution in [2.45, 2.75) is 33.4 Å². The Morgan fingerprint density at radius 3 is 2.40 bits per heavy atom. The summed E-state index contributed by atoms with van der Waals surface area (Å²) >= 11 is 0. The number of benzene rings is 2. The van der Waals surface area contributed by atoms with Gasteiger partial charge in [0.05, 0.1) is 0 Å². The fraction of sp³-hybridized carbons (Fsp3) is 0.300. The van der Waals surface area contributed by atoms with Gasteiger partial charge in [-0.1, -0.05) is 48.0 Å². The quantitative estimate of drug-likeness (QED) is 0.840. The van der Waals surface area contributed by atoms with Gasteiger partial charge in [-0.05, 0) is 18.6 Å². The minimum absolute atomic E-state index is 0.0810. The molecule has 0 atom stereocenters. The van der Waals surface area contributed by atoms with Crippen LogP contribution >= 0.6 is 0 Å². The number of nitrogens with one attached hydrogen (secondary N) is 1. The maximum atomic E-state index is 13.5. The molecule has 0 bridgehead atoms. The molecule has 2 amide bonds. The first-order valence-corrected chi connectivity index (χ1v) is 8.27. The number of aryl methyl sites for hydroxylation is 1. The first kappa shape index (κ1) is 18.6. The van der Waals surface area contributed by atoms with E-state index in [0.29, 0.717) is 18.7 Å². The van der Waals surface area contributed by atoms with Crippen molar-refractivity contribution in [3.63, 3.8) is 0 Å². The van der Waals surface area contributed by atoms with Gasteiger partial charge in [0.15, 0.2) is 0 Å². The van der Waals surface area contributed by atoms with Gasteiger partial charge >= 0.3 is 0 Å². The van der Waals surface area contributed by atoms with Crippen LogP contribution in [0.3, 0.4) is 0 Å². The van der Waals surface area contributed by atoms with E-state index in [-0.39, 0.29) is 30.6 Å². The summed E-state index contributed by atoms with van der Waals surface area (Å²) in [6.45, 7) is 4.43. The summed E-state index contributed by atoms with van der Waals surface area (Å²) in [6.07, 6.45) is 0.180. The smallest absolute Gasteiger partial charge is 0.222 e. The van der Waals surface area contributed by atoms with Gasteiger partial charge in [0, 0.05) is 38.5 Å². The Morgan fingerprint density at radius 2 is 1.76 bits per heavy atom. The van der Waals surface area contributed by atoms with Crippen LogP contribution < -0.4 is 5.32 Å². The number of nitrogens with zero attached hydrogens (tertiary/aromatic N) is 1. The van der Waals surface area contributed by atoms with Crippen molar-refractivity contribution in [2.24, 2.45) is 0 Å². The van der Waals surface area contributed by atoms with Gasteiger partial charge in [-0.3, -0.25) is 9.59 Å². The number of carbonyl (C=O) groups excluding carboxylic acids is 2. The highest BCUT2D eigenvalue weighted by Crippen LogP contribution is 2.08. The molecule has 0 aliphatic heterocycles. The molecule has 0 saturated carbocycles. The van der Waals surface area contributed by atoms with Crippen LogP contribution in [-0.4, -0.2) is 23.3 Å². The molecule has 25 heavy (non-hydrogen) atoms. The van der Waals surface area contributed by atoms with E-state index in [1.54, 1.807) is 23.1 Å². The van der Waals surface area contributed by atoms with E-state index in [2.05, 4.69) is 5.32 Å². The van der Waals surface area contributed by atoms with Gasteiger partial charge < -0.3 is 10.2 Å². The van der Waals surface area contributed by atoms with Crippen LogP contribution in [0.2, 0.25) is 0 Å². The highest BCUT2D eigenvalue weighted by molar-refractivity contribution is 5.78. The predicted molar refractivity (Wildman–Crippen MR) is 95.1 cm³/mol. The molecule has 0 aliphatic carbocycles. The summed E-state index contributed by atoms with van der Waals surface area (Å²) in [7, 11) is 0. The van der Waals surface area contributed by atoms with E-state index in [1.807, 2.05) is 31.2 Å². The summed E-state index contributed by atoms with van der Waals surface area (Å²) in [5, 5.41) is 2.69. The molecule has 0 unspecified atom stereocenters. The molecule has 0 spiro atoms. The third-order valence-corrected chi connectivity index (χ3v) is 3.98. The molecule has 0 saturated heterocycles. The van der Waals surface area contributed by atoms with Crippen molar-refractivity contribution in [1.29, 1.82) is 0 Å². The molecule has 1 N–H and O–H groups in total. The van der Waals surface area contributed by atoms with Gasteiger partial charge in [-0.25, -0.2) is 4.39 Å². The third kappa shape index (κ3) is 6.03. The van der Waals surface area contributed by atoms with Crippen LogP contribution in [0.15, 0.2) is 48.5 Å². The van der Waals surface area contributed by atoms with E-state index < -0.39 is 0 Å². The van der Waals surface area contributed by atoms with Gasteiger partial charge in [0.25, 0.3) is 0 Å². The lowest BCUT2D eigenvalue weighted by molar-refractivity contribution is -0.130. The summed E-state index contributed by atoms with van der Waals surface area (Å²) in [5.41, 5.74) is 2.62. The van der Waals surface area contributed by atoms with Crippen LogP contribution in [0.1, 0.15) is 30.0 Å². The van der Waals surface area contributed by atoms with Gasteiger partial charge in [-0.2, -0.15) is 0 Å². The van der Waals surface area contributed by atoms with E-state index in [1.165, 1.54) is 13.0 Å². The largest absolute Gasteiger partial charge is 0.352 e. The molecular weight excluding hydrogens is 319 g/mol. The van der Waals surface area contributed by atoms with E-state index in [9.17, 15) is 14.0 Å². The molecule has 0 radical (unpaired) electrons. The zero-order valence-electron chi connectivity index (χ0n) is 14.6. The second kappa shape index (κ2) is 8.97. The van der Waals surface area contributed by atoms with Crippen LogP contribution in [0.4, 0.5) is 4.39 Å². The summed E-state index contributed by atoms with van der Waals surface area (Å²) < 4.78 is 13.5. The van der Waals surface area contributed by atoms with Crippen molar-refractivity contribution in [1.82, 2.24) is 10.2 Å². The Hall–Kier alpha value is -2.69. The van der Waals surface area contributed by atoms with Crippen LogP contribution in [-0.2, 0) is 22.7 Å². The minimum Gasteiger partial charge on any atom is -0.352 e. The molecule has 2 aromatic rings. The molecular formula is C20H23FN2O2. The Labute approximate surface area is 147 Å². The molecule has 0 heterocycles. The topological polar surface area (TPSA) is 49.4 Å². The van der Waals surface area contributed by atoms with E-state index in [4.69, 9.17) is 0 Å². The average Bonchev–Trinajstić information content (AvgIpc) is 2.59. The Balaban J connectivity index is 1.83. The summed E-state index contributed by atoms with van der Waals surface area (Å²) in [5.74, 6) is -0.631. The molecule has 0 fully saturated rings. The molecule has 5 heteroatoms. The molecule has 132 valence electrons. The maximum absolute atomic E-state index is 13.5. The second-order valence-electron chi connectivity index (χ2n) is 6.04. The first-order chi connectivity index (χ1) is 12.0. The standard InChI is InChI=1S/C20H23FN2O2/c1-15-7-9-17(10-8-15)14-23(16(2)24)12-11-20(25)22-13-18-5-3-4-6-19(18)21/h3-10H,11-14H2,1-2H3,(H,22,25). The molecule has 4 nitrogen and oxygen atoms in total. The molecule has 2 rings (SSSR count). The SMILES string of the molecule is CC(=O)N(CCC(=O)NCc1ccccc1F)Cc1ccc(C)cc1. The summed E-state index contributed by atoms with van der Waals surface area (Å²) in [6, 6.07) is 14.3. The van der Waals surface area contributed by atoms with E-state index in [0.717, 1.165) is 11.1 Å². The predicted octanol–water partition coefficient (Wildman–Crippen LogP) is 3.19. The lowest BCUT2D eigenvalue weighted by Crippen LogP contribution is -2.33. The van der Waals surface area contributed by atoms with Crippen LogP contribution in [0.5, 0.6) is 0 Å². The molecule has 0 aliphatic rings. The number of carbonyl (C=O) groups is 2. The maximum Gasteiger partial charge on any atom is 0.222 e. The van der Waals surface area contributed by atoms with E-state index >= 15 is 0 Å². The fourth-order valence-electron chi connectivity index (χ4n) is 2.42. The zero-order valence-corrected chi connectivity index (χ0v) is 14.6. The normalized spacial score (nSPS) is 10.4. The molecule has 0 aromatic heterocycles. The highest BCUT2D eigenvalue weighted by Gasteiger charge is 2.12. The van der Waals surface area contributed by atoms with Gasteiger partial charge in [0.2, 0.25) is 11.8 Å². The number of halogens is 1. The molecule has 2 aromatic carbocycles. The van der Waals surface area contributed by atoms with Crippen molar-refractivity contribution >= 4 is 11.8 Å². The monoisotopic (exact) mass is 342 g/mol. The summed E-state index contributed by atoms with van der Waals surface area (Å²) in [4.78, 5) is 25.4. The van der Waals surface area contributed by atoms with Gasteiger partial charge in [0.1, 0.15) is 5.82 Å². The highest BCUT2D eigenvalue weighted by atomic mass is 19.1. The van der Waals surface area contributed by atoms with Crippen molar-refractivity contribution in [2.75, 3.05) is 6.54 Å². The average molecular weight is 342 g/mol. The van der Waals surface area contributed by atoms with Crippen LogP contribution in [0, 0.1) is 12.7 Å². The van der Waals surface area contributed by atoms with Gasteiger partial charge in [-0.15, -0.1) is 0 Å². The van der Waals surface area contributed by atoms with Crippen molar-refractivity contribution < 1.29 is 14.0 Å². The van der Waals surface area contributed by atoms with Crippen molar-refractivity contribution in [3.05, 3.63) is 71.0 Å². The number of hydrogen-bond acceptors (Lipinski definition) is 2. The lowest BCUT2D eigenvalue weighted by atomic mass is 10.1. The Kier molecular flexibility index (Phi) is 6.69. The lowest BCUT2D eigenvalue weighted by Gasteiger charge is -2.21. The zero-order chi connectivity index (χ0) is 18.2. The number of rotatable bonds is 7. The number of amides is 2. The second-order valence-corrected chi connectivity index (χ2v) is 6.04. The minimum atomic E-state index is -0.340. The number of hydrogen-bond donors (Lipinski definition) is 1.